The van der Waals surface area contributed by atoms with Gasteiger partial charge in [0.1, 0.15) is 17.3 Å². The normalized spacial score (nSPS) is 12.4. The molecule has 2 unspecified atom stereocenters. The van der Waals surface area contributed by atoms with Crippen LogP contribution in [0.15, 0.2) is 24.3 Å². The first-order valence-electron chi connectivity index (χ1n) is 9.30. The highest BCUT2D eigenvalue weighted by Gasteiger charge is 2.28. The van der Waals surface area contributed by atoms with Crippen LogP contribution in [0.5, 0.6) is 11.5 Å². The number of ketones is 1. The number of carboxylic acid groups (broad SMARTS) is 2. The van der Waals surface area contributed by atoms with Crippen LogP contribution in [0.1, 0.15) is 38.7 Å². The molecule has 0 radical (unpaired) electrons. The molecule has 0 fully saturated rings. The second-order valence-corrected chi connectivity index (χ2v) is 6.33. The maximum atomic E-state index is 11.2. The van der Waals surface area contributed by atoms with Gasteiger partial charge in [-0.2, -0.15) is 0 Å². The molecule has 4 N–H and O–H groups in total. The highest BCUT2D eigenvalue weighted by atomic mass is 16.5. The van der Waals surface area contributed by atoms with Crippen molar-refractivity contribution in [2.45, 2.75) is 33.1 Å². The lowest BCUT2D eigenvalue weighted by Gasteiger charge is -2.17. The van der Waals surface area contributed by atoms with Crippen LogP contribution in [-0.2, 0) is 14.4 Å². The summed E-state index contributed by atoms with van der Waals surface area (Å²) in [6.07, 6.45) is 4.86. The van der Waals surface area contributed by atoms with Crippen molar-refractivity contribution < 1.29 is 34.1 Å². The zero-order valence-electron chi connectivity index (χ0n) is 17.4. The fraction of sp³-hybridized carbons (Fsp3) is 0.476. The Morgan fingerprint density at radius 3 is 2.28 bits per heavy atom. The van der Waals surface area contributed by atoms with Gasteiger partial charge in [0.15, 0.2) is 0 Å². The summed E-state index contributed by atoms with van der Waals surface area (Å²) in [7, 11) is 3.08. The highest BCUT2D eigenvalue weighted by molar-refractivity contribution is 5.87. The first-order chi connectivity index (χ1) is 13.7. The number of hydrogen-bond acceptors (Lipinski definition) is 6. The van der Waals surface area contributed by atoms with Crippen molar-refractivity contribution in [1.82, 2.24) is 0 Å². The van der Waals surface area contributed by atoms with E-state index in [2.05, 4.69) is 0 Å². The van der Waals surface area contributed by atoms with Crippen LogP contribution in [-0.4, -0.2) is 48.7 Å². The fourth-order valence-corrected chi connectivity index (χ4v) is 2.54. The Morgan fingerprint density at radius 1 is 1.17 bits per heavy atom. The number of rotatable bonds is 11. The van der Waals surface area contributed by atoms with Crippen LogP contribution >= 0.6 is 0 Å². The van der Waals surface area contributed by atoms with E-state index in [1.807, 2.05) is 6.92 Å². The molecule has 1 rings (SSSR count). The van der Waals surface area contributed by atoms with Gasteiger partial charge in [-0.25, -0.2) is 4.79 Å². The molecule has 0 spiro atoms. The summed E-state index contributed by atoms with van der Waals surface area (Å²) in [4.78, 5) is 32.4. The number of ether oxygens (including phenoxy) is 2. The topological polar surface area (TPSA) is 136 Å². The number of unbranched alkanes of at least 4 members (excludes halogenated alkanes) is 1. The van der Waals surface area contributed by atoms with E-state index >= 15 is 0 Å². The van der Waals surface area contributed by atoms with Gasteiger partial charge >= 0.3 is 11.9 Å². The van der Waals surface area contributed by atoms with Crippen molar-refractivity contribution in [3.8, 4) is 11.5 Å². The lowest BCUT2D eigenvalue weighted by molar-refractivity contribution is -0.146. The predicted octanol–water partition coefficient (Wildman–Crippen LogP) is 2.84. The van der Waals surface area contributed by atoms with Crippen LogP contribution in [0.25, 0.3) is 6.08 Å². The number of hydrogen-bond donors (Lipinski definition) is 3. The molecule has 0 heterocycles. The number of carbonyl (C=O) groups excluding carboxylic acids is 1. The predicted molar refractivity (Wildman–Crippen MR) is 110 cm³/mol. The molecule has 0 saturated carbocycles. The lowest BCUT2D eigenvalue weighted by atomic mass is 9.86. The number of carbonyl (C=O) groups is 3. The van der Waals surface area contributed by atoms with Gasteiger partial charge in [0.25, 0.3) is 0 Å². The molecule has 1 aromatic carbocycles. The minimum Gasteiger partial charge on any atom is -0.497 e. The molecule has 0 aliphatic rings. The smallest absolute Gasteiger partial charge is 0.328 e. The molecule has 162 valence electrons. The average molecular weight is 409 g/mol. The van der Waals surface area contributed by atoms with E-state index in [1.165, 1.54) is 13.2 Å². The maximum Gasteiger partial charge on any atom is 0.328 e. The van der Waals surface area contributed by atoms with E-state index in [4.69, 9.17) is 25.4 Å². The molecule has 8 nitrogen and oxygen atoms in total. The van der Waals surface area contributed by atoms with Crippen molar-refractivity contribution in [3.63, 3.8) is 0 Å². The zero-order valence-corrected chi connectivity index (χ0v) is 17.4. The van der Waals surface area contributed by atoms with Gasteiger partial charge in [-0.1, -0.05) is 26.7 Å². The third-order valence-electron chi connectivity index (χ3n) is 4.34. The Labute approximate surface area is 171 Å². The van der Waals surface area contributed by atoms with E-state index in [0.29, 0.717) is 23.5 Å². The molecule has 0 saturated heterocycles. The molecule has 2 atom stereocenters. The SMILES string of the molecule is CCCCC(C(=O)O)C(C)C(=O)CN.COc1ccc(C=CC(=O)O)c(OC)c1. The summed E-state index contributed by atoms with van der Waals surface area (Å²) in [5, 5.41) is 17.4. The van der Waals surface area contributed by atoms with E-state index < -0.39 is 23.8 Å². The van der Waals surface area contributed by atoms with Gasteiger partial charge < -0.3 is 25.4 Å². The average Bonchev–Trinajstić information content (AvgIpc) is 2.71. The van der Waals surface area contributed by atoms with Crippen molar-refractivity contribution in [3.05, 3.63) is 29.8 Å². The minimum absolute atomic E-state index is 0.0723. The number of nitrogens with two attached hydrogens (primary N) is 1. The summed E-state index contributed by atoms with van der Waals surface area (Å²) in [6.45, 7) is 3.56. The Hall–Kier alpha value is -2.87. The van der Waals surface area contributed by atoms with Crippen LogP contribution < -0.4 is 15.2 Å². The summed E-state index contributed by atoms with van der Waals surface area (Å²) in [5.41, 5.74) is 5.89. The van der Waals surface area contributed by atoms with E-state index in [1.54, 1.807) is 32.2 Å². The third kappa shape index (κ3) is 9.75. The summed E-state index contributed by atoms with van der Waals surface area (Å²) in [6, 6.07) is 5.17. The highest BCUT2D eigenvalue weighted by Crippen LogP contribution is 2.25. The quantitative estimate of drug-likeness (QED) is 0.475. The first-order valence-corrected chi connectivity index (χ1v) is 9.30. The molecule has 0 amide bonds. The molecule has 0 bridgehead atoms. The Kier molecular flexibility index (Phi) is 12.8. The fourth-order valence-electron chi connectivity index (χ4n) is 2.54. The largest absolute Gasteiger partial charge is 0.497 e. The van der Waals surface area contributed by atoms with E-state index in [0.717, 1.165) is 18.9 Å². The van der Waals surface area contributed by atoms with Gasteiger partial charge in [-0.15, -0.1) is 0 Å². The molecular weight excluding hydrogens is 378 g/mol. The molecule has 8 heteroatoms. The maximum absolute atomic E-state index is 11.2. The standard InChI is InChI=1S/C11H12O4.C10H19NO3/c1-14-9-5-3-8(4-6-11(12)13)10(7-9)15-2;1-3-4-5-8(10(13)14)7(2)9(12)6-11/h3-7H,1-2H3,(H,12,13);7-8H,3-6,11H2,1-2H3,(H,13,14). The van der Waals surface area contributed by atoms with E-state index in [-0.39, 0.29) is 12.3 Å². The van der Waals surface area contributed by atoms with Gasteiger partial charge in [0.2, 0.25) is 0 Å². The number of benzene rings is 1. The molecule has 0 aliphatic carbocycles. The summed E-state index contributed by atoms with van der Waals surface area (Å²) in [5.74, 6) is -1.87. The van der Waals surface area contributed by atoms with E-state index in [9.17, 15) is 14.4 Å². The molecule has 29 heavy (non-hydrogen) atoms. The number of Topliss-reactive ketones (excluding diaryl/α,β-unsaturated/α-hetero) is 1. The minimum atomic E-state index is -0.993. The molecule has 0 aromatic heterocycles. The van der Waals surface area contributed by atoms with Crippen LogP contribution in [0.2, 0.25) is 0 Å². The Balaban J connectivity index is 0.000000543. The number of methoxy groups -OCH3 is 2. The zero-order chi connectivity index (χ0) is 22.4. The van der Waals surface area contributed by atoms with Crippen LogP contribution in [0, 0.1) is 11.8 Å². The second kappa shape index (κ2) is 14.2. The summed E-state index contributed by atoms with van der Waals surface area (Å²) < 4.78 is 10.1. The Bertz CT molecular complexity index is 700. The molecular formula is C21H31NO7. The number of carboxylic acids is 2. The van der Waals surface area contributed by atoms with Crippen molar-refractivity contribution in [1.29, 1.82) is 0 Å². The van der Waals surface area contributed by atoms with Gasteiger partial charge in [0, 0.05) is 23.6 Å². The monoisotopic (exact) mass is 409 g/mol. The lowest BCUT2D eigenvalue weighted by Crippen LogP contribution is -2.31. The third-order valence-corrected chi connectivity index (χ3v) is 4.34. The van der Waals surface area contributed by atoms with Crippen LogP contribution in [0.4, 0.5) is 0 Å². The van der Waals surface area contributed by atoms with Gasteiger partial charge in [-0.05, 0) is 24.6 Å². The van der Waals surface area contributed by atoms with Crippen LogP contribution in [0.3, 0.4) is 0 Å². The van der Waals surface area contributed by atoms with Gasteiger partial charge in [-0.3, -0.25) is 9.59 Å². The van der Waals surface area contributed by atoms with Crippen molar-refractivity contribution in [2.24, 2.45) is 17.6 Å². The van der Waals surface area contributed by atoms with Crippen molar-refractivity contribution in [2.75, 3.05) is 20.8 Å². The van der Waals surface area contributed by atoms with Crippen molar-refractivity contribution >= 4 is 23.8 Å². The first kappa shape index (κ1) is 26.1. The number of aliphatic carboxylic acids is 2. The Morgan fingerprint density at radius 2 is 1.83 bits per heavy atom. The summed E-state index contributed by atoms with van der Waals surface area (Å²) >= 11 is 0. The second-order valence-electron chi connectivity index (χ2n) is 6.33. The molecule has 0 aliphatic heterocycles. The van der Waals surface area contributed by atoms with Gasteiger partial charge in [0.05, 0.1) is 26.7 Å². The molecule has 1 aromatic rings.